The molecule has 2 aromatic carbocycles. The molecule has 0 aliphatic heterocycles. The Balaban J connectivity index is 1.44. The summed E-state index contributed by atoms with van der Waals surface area (Å²) < 4.78 is 1.33. The molecule has 1 amide bonds. The second kappa shape index (κ2) is 8.97. The predicted octanol–water partition coefficient (Wildman–Crippen LogP) is 2.76. The third-order valence-electron chi connectivity index (χ3n) is 4.90. The molecule has 2 heterocycles. The number of carbonyl (C=O) groups excluding carboxylic acids is 1. The minimum Gasteiger partial charge on any atom is -0.352 e. The summed E-state index contributed by atoms with van der Waals surface area (Å²) >= 11 is 5.88. The molecule has 0 aliphatic rings. The summed E-state index contributed by atoms with van der Waals surface area (Å²) in [6, 6.07) is 17.8. The van der Waals surface area contributed by atoms with Gasteiger partial charge in [0.1, 0.15) is 0 Å². The highest BCUT2D eigenvalue weighted by Crippen LogP contribution is 2.11. The van der Waals surface area contributed by atoms with Crippen molar-refractivity contribution in [2.75, 3.05) is 6.54 Å². The van der Waals surface area contributed by atoms with Gasteiger partial charge in [-0.1, -0.05) is 35.9 Å². The maximum Gasteiger partial charge on any atom is 0.318 e. The maximum absolute atomic E-state index is 12.4. The Morgan fingerprint density at radius 1 is 1.00 bits per heavy atom. The van der Waals surface area contributed by atoms with E-state index in [4.69, 9.17) is 11.6 Å². The molecule has 0 fully saturated rings. The van der Waals surface area contributed by atoms with Crippen LogP contribution in [0.3, 0.4) is 0 Å². The van der Waals surface area contributed by atoms with Crippen LogP contribution in [0.4, 0.5) is 0 Å². The molecule has 0 radical (unpaired) electrons. The van der Waals surface area contributed by atoms with Crippen LogP contribution >= 0.6 is 11.6 Å². The van der Waals surface area contributed by atoms with Crippen molar-refractivity contribution < 1.29 is 4.79 Å². The lowest BCUT2D eigenvalue weighted by Gasteiger charge is -2.10. The Morgan fingerprint density at radius 3 is 2.45 bits per heavy atom. The number of fused-ring (bicyclic) bond motifs is 1. The summed E-state index contributed by atoms with van der Waals surface area (Å²) in [4.78, 5) is 43.4. The normalized spacial score (nSPS) is 10.9. The number of benzene rings is 2. The number of rotatable bonds is 6. The maximum atomic E-state index is 12.4. The van der Waals surface area contributed by atoms with Crippen molar-refractivity contribution in [2.24, 2.45) is 0 Å². The lowest BCUT2D eigenvalue weighted by molar-refractivity contribution is 0.0954. The van der Waals surface area contributed by atoms with E-state index in [1.54, 1.807) is 42.6 Å². The molecule has 31 heavy (non-hydrogen) atoms. The quantitative estimate of drug-likeness (QED) is 0.456. The van der Waals surface area contributed by atoms with Crippen molar-refractivity contribution in [1.82, 2.24) is 19.9 Å². The lowest BCUT2D eigenvalue weighted by Crippen LogP contribution is -2.36. The largest absolute Gasteiger partial charge is 0.352 e. The Hall–Kier alpha value is -3.71. The Bertz CT molecular complexity index is 1340. The standard InChI is InChI=1S/C23H19ClN4O3/c24-18-9-5-15(6-10-18)11-13-26-21(29)17-7-3-16(4-8-17)14-28-20-19(2-1-12-25-20)27-22(30)23(28)31/h1-10,12H,11,13-14H2,(H,26,29)(H,27,30). The van der Waals surface area contributed by atoms with Crippen molar-refractivity contribution in [3.8, 4) is 0 Å². The van der Waals surface area contributed by atoms with Crippen LogP contribution in [-0.2, 0) is 13.0 Å². The Kier molecular flexibility index (Phi) is 5.95. The molecule has 0 spiro atoms. The van der Waals surface area contributed by atoms with Gasteiger partial charge in [-0.2, -0.15) is 0 Å². The van der Waals surface area contributed by atoms with E-state index < -0.39 is 11.1 Å². The second-order valence-corrected chi connectivity index (χ2v) is 7.49. The number of hydrogen-bond donors (Lipinski definition) is 2. The Labute approximate surface area is 182 Å². The highest BCUT2D eigenvalue weighted by atomic mass is 35.5. The summed E-state index contributed by atoms with van der Waals surface area (Å²) in [6.07, 6.45) is 2.26. The van der Waals surface area contributed by atoms with Gasteiger partial charge in [-0.15, -0.1) is 0 Å². The first-order valence-electron chi connectivity index (χ1n) is 9.71. The lowest BCUT2D eigenvalue weighted by atomic mass is 10.1. The smallest absolute Gasteiger partial charge is 0.318 e. The van der Waals surface area contributed by atoms with Gasteiger partial charge < -0.3 is 10.3 Å². The monoisotopic (exact) mass is 434 g/mol. The molecule has 4 rings (SSSR count). The van der Waals surface area contributed by atoms with Crippen LogP contribution < -0.4 is 16.4 Å². The molecule has 0 saturated carbocycles. The van der Waals surface area contributed by atoms with E-state index in [-0.39, 0.29) is 12.5 Å². The molecular weight excluding hydrogens is 416 g/mol. The average molecular weight is 435 g/mol. The molecule has 0 bridgehead atoms. The third-order valence-corrected chi connectivity index (χ3v) is 5.15. The molecule has 0 atom stereocenters. The van der Waals surface area contributed by atoms with Gasteiger partial charge in [-0.3, -0.25) is 19.0 Å². The summed E-state index contributed by atoms with van der Waals surface area (Å²) in [6.45, 7) is 0.677. The fraction of sp³-hybridized carbons (Fsp3) is 0.130. The van der Waals surface area contributed by atoms with Gasteiger partial charge in [-0.25, -0.2) is 4.98 Å². The second-order valence-electron chi connectivity index (χ2n) is 7.05. The van der Waals surface area contributed by atoms with E-state index in [0.29, 0.717) is 34.7 Å². The van der Waals surface area contributed by atoms with Gasteiger partial charge in [0.05, 0.1) is 12.1 Å². The molecule has 8 heteroatoms. The third kappa shape index (κ3) is 4.73. The van der Waals surface area contributed by atoms with Gasteiger partial charge in [0.15, 0.2) is 5.65 Å². The van der Waals surface area contributed by atoms with Crippen molar-refractivity contribution in [2.45, 2.75) is 13.0 Å². The van der Waals surface area contributed by atoms with Crippen molar-refractivity contribution >= 4 is 28.7 Å². The fourth-order valence-electron chi connectivity index (χ4n) is 3.27. The highest BCUT2D eigenvalue weighted by Gasteiger charge is 2.10. The molecule has 0 aliphatic carbocycles. The Morgan fingerprint density at radius 2 is 1.71 bits per heavy atom. The number of nitrogens with zero attached hydrogens (tertiary/aromatic N) is 2. The molecule has 156 valence electrons. The molecule has 2 N–H and O–H groups in total. The number of halogens is 1. The van der Waals surface area contributed by atoms with Gasteiger partial charge in [0, 0.05) is 23.3 Å². The van der Waals surface area contributed by atoms with Crippen LogP contribution in [0.2, 0.25) is 5.02 Å². The van der Waals surface area contributed by atoms with E-state index in [9.17, 15) is 14.4 Å². The number of hydrogen-bond acceptors (Lipinski definition) is 4. The van der Waals surface area contributed by atoms with E-state index >= 15 is 0 Å². The molecule has 0 saturated heterocycles. The van der Waals surface area contributed by atoms with Crippen molar-refractivity contribution in [3.63, 3.8) is 0 Å². The van der Waals surface area contributed by atoms with Gasteiger partial charge >= 0.3 is 11.1 Å². The van der Waals surface area contributed by atoms with E-state index in [2.05, 4.69) is 15.3 Å². The van der Waals surface area contributed by atoms with E-state index in [1.165, 1.54) is 4.57 Å². The van der Waals surface area contributed by atoms with Gasteiger partial charge in [0.2, 0.25) is 0 Å². The number of nitrogens with one attached hydrogen (secondary N) is 2. The van der Waals surface area contributed by atoms with Crippen molar-refractivity contribution in [1.29, 1.82) is 0 Å². The average Bonchev–Trinajstić information content (AvgIpc) is 2.78. The summed E-state index contributed by atoms with van der Waals surface area (Å²) in [5, 5.41) is 3.57. The number of H-pyrrole nitrogens is 1. The van der Waals surface area contributed by atoms with Crippen LogP contribution in [0.5, 0.6) is 0 Å². The molecule has 7 nitrogen and oxygen atoms in total. The fourth-order valence-corrected chi connectivity index (χ4v) is 3.39. The summed E-state index contributed by atoms with van der Waals surface area (Å²) in [7, 11) is 0. The first-order chi connectivity index (χ1) is 15.0. The minimum absolute atomic E-state index is 0.175. The summed E-state index contributed by atoms with van der Waals surface area (Å²) in [5.74, 6) is -0.180. The zero-order valence-corrected chi connectivity index (χ0v) is 17.2. The van der Waals surface area contributed by atoms with Crippen LogP contribution in [0, 0.1) is 0 Å². The zero-order valence-electron chi connectivity index (χ0n) is 16.5. The number of pyridine rings is 1. The van der Waals surface area contributed by atoms with Crippen LogP contribution in [-0.4, -0.2) is 27.0 Å². The van der Waals surface area contributed by atoms with Crippen molar-refractivity contribution in [3.05, 3.63) is 109 Å². The number of aromatic amines is 1. The minimum atomic E-state index is -0.697. The van der Waals surface area contributed by atoms with E-state index in [1.807, 2.05) is 24.3 Å². The van der Waals surface area contributed by atoms with Crippen LogP contribution in [0.25, 0.3) is 11.2 Å². The number of aromatic nitrogens is 3. The highest BCUT2D eigenvalue weighted by molar-refractivity contribution is 6.30. The topological polar surface area (TPSA) is 96.9 Å². The molecular formula is C23H19ClN4O3. The number of carbonyl (C=O) groups is 1. The zero-order chi connectivity index (χ0) is 21.8. The first-order valence-corrected chi connectivity index (χ1v) is 10.1. The number of amides is 1. The summed E-state index contributed by atoms with van der Waals surface area (Å²) in [5.41, 5.74) is 1.90. The first kappa shape index (κ1) is 20.6. The van der Waals surface area contributed by atoms with E-state index in [0.717, 1.165) is 11.1 Å². The molecule has 4 aromatic rings. The van der Waals surface area contributed by atoms with Gasteiger partial charge in [-0.05, 0) is 53.9 Å². The predicted molar refractivity (Wildman–Crippen MR) is 120 cm³/mol. The molecule has 2 aromatic heterocycles. The SMILES string of the molecule is O=C(NCCc1ccc(Cl)cc1)c1ccc(Cn2c(=O)c(=O)[nH]c3cccnc32)cc1. The van der Waals surface area contributed by atoms with Crippen LogP contribution in [0.1, 0.15) is 21.5 Å². The molecule has 0 unspecified atom stereocenters. The van der Waals surface area contributed by atoms with Gasteiger partial charge in [0.25, 0.3) is 5.91 Å². The van der Waals surface area contributed by atoms with Crippen LogP contribution in [0.15, 0.2) is 76.4 Å².